The molecule has 12 nitrogen and oxygen atoms in total. The van der Waals surface area contributed by atoms with Crippen molar-refractivity contribution in [3.63, 3.8) is 0 Å². The normalized spacial score (nSPS) is 31.7. The number of hydrogen-bond acceptors (Lipinski definition) is 11. The van der Waals surface area contributed by atoms with E-state index in [1.807, 2.05) is 0 Å². The maximum absolute atomic E-state index is 14.5. The highest BCUT2D eigenvalue weighted by Gasteiger charge is 2.78. The van der Waals surface area contributed by atoms with Crippen LogP contribution in [0.1, 0.15) is 22.3 Å². The van der Waals surface area contributed by atoms with E-state index in [0.29, 0.717) is 21.8 Å². The van der Waals surface area contributed by atoms with Crippen molar-refractivity contribution < 1.29 is 29.1 Å². The predicted molar refractivity (Wildman–Crippen MR) is 156 cm³/mol. The summed E-state index contributed by atoms with van der Waals surface area (Å²) in [4.78, 5) is 71.8. The van der Waals surface area contributed by atoms with Crippen LogP contribution in [-0.4, -0.2) is 84.4 Å². The number of nitrogens with zero attached hydrogens (tertiary/aromatic N) is 3. The van der Waals surface area contributed by atoms with Crippen LogP contribution >= 0.6 is 11.6 Å². The molecular formula is C30H31ClN6O6. The van der Waals surface area contributed by atoms with Crippen molar-refractivity contribution >= 4 is 46.3 Å². The molecule has 6 atom stereocenters. The van der Waals surface area contributed by atoms with Crippen LogP contribution in [0.15, 0.2) is 30.3 Å². The van der Waals surface area contributed by atoms with E-state index >= 15 is 0 Å². The zero-order chi connectivity index (χ0) is 32.0. The lowest BCUT2D eigenvalue weighted by Crippen LogP contribution is -2.85. The van der Waals surface area contributed by atoms with Gasteiger partial charge in [-0.2, -0.15) is 5.26 Å². The Hall–Kier alpha value is -4.15. The van der Waals surface area contributed by atoms with Crippen molar-refractivity contribution in [2.45, 2.75) is 30.0 Å². The largest absolute Gasteiger partial charge is 0.507 e. The number of likely N-dealkylation sites (N-methyl/N-ethyl adjacent to an activating group) is 1. The summed E-state index contributed by atoms with van der Waals surface area (Å²) in [7, 11) is 6.38. The molecule has 2 aromatic rings. The number of amides is 1. The Bertz CT molecular complexity index is 1680. The van der Waals surface area contributed by atoms with Gasteiger partial charge in [0.2, 0.25) is 5.91 Å². The number of nitriles is 1. The zero-order valence-corrected chi connectivity index (χ0v) is 24.7. The number of nitrogens with two attached hydrogens (primary N) is 3. The van der Waals surface area contributed by atoms with Crippen LogP contribution in [0.3, 0.4) is 0 Å². The summed E-state index contributed by atoms with van der Waals surface area (Å²) in [6.07, 6.45) is -0.637. The van der Waals surface area contributed by atoms with Crippen molar-refractivity contribution in [3.05, 3.63) is 46.5 Å². The number of carbonyl (C=O) groups is 5. The summed E-state index contributed by atoms with van der Waals surface area (Å²) < 4.78 is 0. The minimum Gasteiger partial charge on any atom is -0.507 e. The van der Waals surface area contributed by atoms with Crippen LogP contribution in [-0.2, 0) is 25.6 Å². The molecular weight excluding hydrogens is 576 g/mol. The van der Waals surface area contributed by atoms with Gasteiger partial charge in [-0.05, 0) is 56.3 Å². The molecule has 5 rings (SSSR count). The van der Waals surface area contributed by atoms with E-state index in [9.17, 15) is 34.3 Å². The van der Waals surface area contributed by atoms with E-state index in [1.165, 1.54) is 19.0 Å². The maximum Gasteiger partial charge on any atom is 0.235 e. The Balaban J connectivity index is 1.80. The van der Waals surface area contributed by atoms with E-state index in [0.717, 1.165) is 0 Å². The lowest BCUT2D eigenvalue weighted by Gasteiger charge is -2.60. The average Bonchev–Trinajstić information content (AvgIpc) is 2.88. The summed E-state index contributed by atoms with van der Waals surface area (Å²) in [5.74, 6) is -10.1. The highest BCUT2D eigenvalue weighted by atomic mass is 35.5. The molecule has 43 heavy (non-hydrogen) atoms. The fraction of sp³-hybridized carbons (Fsp3) is 0.400. The fourth-order valence-corrected chi connectivity index (χ4v) is 7.63. The molecule has 1 amide bonds. The number of benzene rings is 2. The summed E-state index contributed by atoms with van der Waals surface area (Å²) >= 11 is 6.05. The van der Waals surface area contributed by atoms with Crippen LogP contribution in [0.4, 0.5) is 5.69 Å². The molecule has 2 saturated carbocycles. The fourth-order valence-electron chi connectivity index (χ4n) is 7.50. The first-order valence-corrected chi connectivity index (χ1v) is 13.8. The van der Waals surface area contributed by atoms with Crippen molar-refractivity contribution in [2.24, 2.45) is 34.5 Å². The van der Waals surface area contributed by atoms with Crippen molar-refractivity contribution in [1.29, 1.82) is 5.26 Å². The molecule has 2 fully saturated rings. The number of Topliss-reactive ketones (excluding diaryl/α,β-unsaturated/α-hetero) is 4. The molecule has 224 valence electrons. The highest BCUT2D eigenvalue weighted by Crippen LogP contribution is 2.57. The number of anilines is 1. The summed E-state index contributed by atoms with van der Waals surface area (Å²) in [6, 6.07) is 8.48. The molecule has 3 aliphatic carbocycles. The maximum atomic E-state index is 14.5. The number of carbonyl (C=O) groups excluding carboxylic acids is 5. The monoisotopic (exact) mass is 606 g/mol. The van der Waals surface area contributed by atoms with E-state index in [-0.39, 0.29) is 17.5 Å². The average molecular weight is 607 g/mol. The Labute approximate surface area is 252 Å². The first kappa shape index (κ1) is 30.3. The molecule has 0 saturated heterocycles. The predicted octanol–water partition coefficient (Wildman–Crippen LogP) is 0.195. The van der Waals surface area contributed by atoms with Gasteiger partial charge in [0.1, 0.15) is 11.7 Å². The number of hydrogen-bond donors (Lipinski definition) is 4. The van der Waals surface area contributed by atoms with Crippen LogP contribution < -0.4 is 22.1 Å². The molecule has 0 heterocycles. The second-order valence-corrected chi connectivity index (χ2v) is 12.6. The van der Waals surface area contributed by atoms with Gasteiger partial charge in [-0.25, -0.2) is 0 Å². The third-order valence-electron chi connectivity index (χ3n) is 9.20. The van der Waals surface area contributed by atoms with Gasteiger partial charge in [0, 0.05) is 35.9 Å². The summed E-state index contributed by atoms with van der Waals surface area (Å²) in [5, 5.41) is 22.5. The zero-order valence-electron chi connectivity index (χ0n) is 24.0. The van der Waals surface area contributed by atoms with Crippen molar-refractivity contribution in [2.75, 3.05) is 33.1 Å². The molecule has 7 N–H and O–H groups in total. The Morgan fingerprint density at radius 3 is 2.19 bits per heavy atom. The number of phenolic OH excluding ortho intramolecular Hbond substituents is 1. The number of ketones is 4. The van der Waals surface area contributed by atoms with Gasteiger partial charge in [-0.1, -0.05) is 23.7 Å². The quantitative estimate of drug-likeness (QED) is 0.345. The van der Waals surface area contributed by atoms with E-state index < -0.39 is 75.6 Å². The Morgan fingerprint density at radius 2 is 1.67 bits per heavy atom. The lowest BCUT2D eigenvalue weighted by molar-refractivity contribution is -0.166. The van der Waals surface area contributed by atoms with E-state index in [2.05, 4.69) is 0 Å². The Morgan fingerprint density at radius 1 is 1.07 bits per heavy atom. The first-order chi connectivity index (χ1) is 20.0. The molecule has 0 bridgehead atoms. The molecule has 0 aromatic heterocycles. The molecule has 0 spiro atoms. The minimum atomic E-state index is -2.80. The van der Waals surface area contributed by atoms with Gasteiger partial charge in [0.05, 0.1) is 23.2 Å². The number of aromatic hydroxyl groups is 1. The number of rotatable bonds is 4. The van der Waals surface area contributed by atoms with Crippen LogP contribution in [0.2, 0.25) is 5.02 Å². The van der Waals surface area contributed by atoms with Crippen molar-refractivity contribution in [3.8, 4) is 22.9 Å². The molecule has 0 aliphatic heterocycles. The van der Waals surface area contributed by atoms with Crippen LogP contribution in [0.5, 0.6) is 5.75 Å². The van der Waals surface area contributed by atoms with Gasteiger partial charge in [0.25, 0.3) is 0 Å². The SMILES string of the molecule is CN(C)c1cc(-c2ccc(Cl)cc2)c(O)c2c1C[C@@]1(N)C[C@@]3(N)[C@H](N(C)C)C(=O)C(C(N)=O)C(=O)[C@@]3(C#N)C(=O)C1C2=O. The number of fused-ring (bicyclic) bond motifs is 3. The number of halogens is 1. The van der Waals surface area contributed by atoms with Gasteiger partial charge in [-0.15, -0.1) is 0 Å². The minimum absolute atomic E-state index is 0.158. The van der Waals surface area contributed by atoms with Gasteiger partial charge < -0.3 is 27.2 Å². The van der Waals surface area contributed by atoms with Gasteiger partial charge >= 0.3 is 0 Å². The van der Waals surface area contributed by atoms with E-state index in [1.54, 1.807) is 55.4 Å². The first-order valence-electron chi connectivity index (χ1n) is 13.4. The summed E-state index contributed by atoms with van der Waals surface area (Å²) in [5.41, 5.74) is 13.9. The smallest absolute Gasteiger partial charge is 0.235 e. The van der Waals surface area contributed by atoms with Crippen LogP contribution in [0, 0.1) is 28.6 Å². The molecule has 13 heteroatoms. The molecule has 2 unspecified atom stereocenters. The number of phenols is 1. The standard InChI is InChI=1S/C30H31ClN6O6/c1-36(2)17-9-15(13-5-7-14(31)8-6-13)21(38)18-16(17)10-28(34)11-30(35)24(37(3)4)23(40)19(27(33)43)25(41)29(30,12-32)26(42)20(28)22(18)39/h5-9,19-20,24,38H,10-11,34-35H2,1-4H3,(H2,33,43)/t19?,20?,24-,28-,29+,30-/m1/s1. The summed E-state index contributed by atoms with van der Waals surface area (Å²) in [6.45, 7) is 0. The molecule has 2 aromatic carbocycles. The lowest BCUT2D eigenvalue weighted by atomic mass is 9.42. The second kappa shape index (κ2) is 9.68. The van der Waals surface area contributed by atoms with Gasteiger partial charge in [0.15, 0.2) is 34.5 Å². The van der Waals surface area contributed by atoms with E-state index in [4.69, 9.17) is 28.8 Å². The third kappa shape index (κ3) is 3.82. The third-order valence-corrected chi connectivity index (χ3v) is 9.46. The second-order valence-electron chi connectivity index (χ2n) is 12.2. The topological polar surface area (TPSA) is 214 Å². The number of primary amides is 1. The molecule has 0 radical (unpaired) electrons. The highest BCUT2D eigenvalue weighted by molar-refractivity contribution is 6.33. The molecule has 3 aliphatic rings. The Kier molecular flexibility index (Phi) is 6.83. The van der Waals surface area contributed by atoms with Gasteiger partial charge in [-0.3, -0.25) is 28.9 Å². The van der Waals surface area contributed by atoms with Crippen LogP contribution in [0.25, 0.3) is 11.1 Å². The van der Waals surface area contributed by atoms with Crippen molar-refractivity contribution in [1.82, 2.24) is 4.90 Å².